The Morgan fingerprint density at radius 1 is 1.16 bits per heavy atom. The molecule has 0 saturated heterocycles. The zero-order valence-electron chi connectivity index (χ0n) is 10.5. The second-order valence-electron chi connectivity index (χ2n) is 4.09. The van der Waals surface area contributed by atoms with Crippen LogP contribution in [0.25, 0.3) is 0 Å². The van der Waals surface area contributed by atoms with Gasteiger partial charge >= 0.3 is 0 Å². The molecule has 19 heavy (non-hydrogen) atoms. The van der Waals surface area contributed by atoms with Gasteiger partial charge in [-0.25, -0.2) is 0 Å². The number of aromatic nitrogens is 1. The average Bonchev–Trinajstić information content (AvgIpc) is 2.48. The number of rotatable bonds is 5. The predicted molar refractivity (Wildman–Crippen MR) is 73.7 cm³/mol. The van der Waals surface area contributed by atoms with Crippen molar-refractivity contribution in [3.63, 3.8) is 0 Å². The van der Waals surface area contributed by atoms with Gasteiger partial charge in [-0.2, -0.15) is 0 Å². The van der Waals surface area contributed by atoms with Gasteiger partial charge in [-0.3, -0.25) is 4.98 Å². The predicted octanol–water partition coefficient (Wildman–Crippen LogP) is 1.47. The number of nitrogens with zero attached hydrogens (tertiary/aromatic N) is 2. The van der Waals surface area contributed by atoms with Crippen molar-refractivity contribution in [1.82, 2.24) is 10.3 Å². The summed E-state index contributed by atoms with van der Waals surface area (Å²) < 4.78 is 0. The molecule has 2 aromatic rings. The highest BCUT2D eigenvalue weighted by atomic mass is 16.4. The number of nitrogens with one attached hydrogen (secondary N) is 1. The van der Waals surface area contributed by atoms with Crippen LogP contribution >= 0.6 is 0 Å². The standard InChI is InChI=1S/C14H16N4O/c15-14(18-19)13-12(7-4-8-17-13)10-16-9-11-5-2-1-3-6-11/h1-8,16,19H,9-10H2,(H2,15,18). The smallest absolute Gasteiger partial charge is 0.189 e. The van der Waals surface area contributed by atoms with E-state index in [9.17, 15) is 0 Å². The van der Waals surface area contributed by atoms with Crippen LogP contribution < -0.4 is 11.1 Å². The topological polar surface area (TPSA) is 83.5 Å². The minimum atomic E-state index is 0.0251. The van der Waals surface area contributed by atoms with Gasteiger partial charge in [0.1, 0.15) is 5.69 Å². The summed E-state index contributed by atoms with van der Waals surface area (Å²) in [6.07, 6.45) is 1.62. The Kier molecular flexibility index (Phi) is 4.47. The van der Waals surface area contributed by atoms with Gasteiger partial charge in [-0.15, -0.1) is 0 Å². The molecule has 1 aromatic heterocycles. The Labute approximate surface area is 111 Å². The quantitative estimate of drug-likeness (QED) is 0.327. The molecule has 0 spiro atoms. The lowest BCUT2D eigenvalue weighted by Crippen LogP contribution is -2.21. The molecule has 0 radical (unpaired) electrons. The van der Waals surface area contributed by atoms with Crippen molar-refractivity contribution in [1.29, 1.82) is 0 Å². The first-order chi connectivity index (χ1) is 9.31. The second kappa shape index (κ2) is 6.51. The molecule has 1 aromatic carbocycles. The number of benzene rings is 1. The van der Waals surface area contributed by atoms with Crippen LogP contribution in [0, 0.1) is 0 Å². The van der Waals surface area contributed by atoms with Gasteiger partial charge in [0, 0.05) is 19.3 Å². The molecule has 0 fully saturated rings. The zero-order valence-corrected chi connectivity index (χ0v) is 10.5. The van der Waals surface area contributed by atoms with Crippen molar-refractivity contribution in [2.45, 2.75) is 13.1 Å². The van der Waals surface area contributed by atoms with Crippen molar-refractivity contribution >= 4 is 5.84 Å². The van der Waals surface area contributed by atoms with Crippen LogP contribution in [0.4, 0.5) is 0 Å². The molecule has 0 amide bonds. The van der Waals surface area contributed by atoms with E-state index in [-0.39, 0.29) is 5.84 Å². The summed E-state index contributed by atoms with van der Waals surface area (Å²) in [5, 5.41) is 15.0. The molecule has 4 N–H and O–H groups in total. The number of hydrogen-bond donors (Lipinski definition) is 3. The number of hydrogen-bond acceptors (Lipinski definition) is 4. The van der Waals surface area contributed by atoms with Crippen LogP contribution in [0.15, 0.2) is 53.8 Å². The fourth-order valence-electron chi connectivity index (χ4n) is 1.80. The third-order valence-corrected chi connectivity index (χ3v) is 2.73. The van der Waals surface area contributed by atoms with Crippen molar-refractivity contribution < 1.29 is 5.21 Å². The van der Waals surface area contributed by atoms with Crippen molar-refractivity contribution in [3.8, 4) is 0 Å². The van der Waals surface area contributed by atoms with Crippen LogP contribution in [-0.2, 0) is 13.1 Å². The highest BCUT2D eigenvalue weighted by Gasteiger charge is 2.07. The third-order valence-electron chi connectivity index (χ3n) is 2.73. The molecule has 2 rings (SSSR count). The van der Waals surface area contributed by atoms with E-state index in [2.05, 4.69) is 27.6 Å². The first kappa shape index (κ1) is 13.0. The van der Waals surface area contributed by atoms with E-state index in [1.165, 1.54) is 5.56 Å². The minimum absolute atomic E-state index is 0.0251. The molecule has 0 aliphatic rings. The van der Waals surface area contributed by atoms with Gasteiger partial charge in [0.25, 0.3) is 0 Å². The molecule has 1 heterocycles. The molecule has 0 atom stereocenters. The molecule has 0 unspecified atom stereocenters. The van der Waals surface area contributed by atoms with Crippen molar-refractivity contribution in [2.24, 2.45) is 10.9 Å². The number of nitrogens with two attached hydrogens (primary N) is 1. The van der Waals surface area contributed by atoms with Gasteiger partial charge in [0.05, 0.1) is 0 Å². The third kappa shape index (κ3) is 3.53. The normalized spacial score (nSPS) is 11.5. The maximum Gasteiger partial charge on any atom is 0.189 e. The molecule has 98 valence electrons. The average molecular weight is 256 g/mol. The molecular weight excluding hydrogens is 240 g/mol. The van der Waals surface area contributed by atoms with Gasteiger partial charge in [0.2, 0.25) is 0 Å². The minimum Gasteiger partial charge on any atom is -0.409 e. The van der Waals surface area contributed by atoms with Gasteiger partial charge in [-0.05, 0) is 17.2 Å². The summed E-state index contributed by atoms with van der Waals surface area (Å²) in [6, 6.07) is 13.8. The summed E-state index contributed by atoms with van der Waals surface area (Å²) >= 11 is 0. The monoisotopic (exact) mass is 256 g/mol. The number of amidine groups is 1. The molecule has 5 nitrogen and oxygen atoms in total. The number of pyridine rings is 1. The maximum atomic E-state index is 8.72. The van der Waals surface area contributed by atoms with E-state index in [1.807, 2.05) is 30.3 Å². The lowest BCUT2D eigenvalue weighted by Gasteiger charge is -2.08. The summed E-state index contributed by atoms with van der Waals surface area (Å²) in [5.74, 6) is 0.0251. The largest absolute Gasteiger partial charge is 0.409 e. The molecule has 0 aliphatic heterocycles. The fourth-order valence-corrected chi connectivity index (χ4v) is 1.80. The Morgan fingerprint density at radius 2 is 1.95 bits per heavy atom. The van der Waals surface area contributed by atoms with Crippen LogP contribution in [0.3, 0.4) is 0 Å². The van der Waals surface area contributed by atoms with Gasteiger partial charge in [-0.1, -0.05) is 41.6 Å². The van der Waals surface area contributed by atoms with E-state index in [0.717, 1.165) is 12.1 Å². The Bertz CT molecular complexity index is 554. The van der Waals surface area contributed by atoms with E-state index in [4.69, 9.17) is 10.9 Å². The van der Waals surface area contributed by atoms with Crippen molar-refractivity contribution in [2.75, 3.05) is 0 Å². The van der Waals surface area contributed by atoms with E-state index in [0.29, 0.717) is 12.2 Å². The Morgan fingerprint density at radius 3 is 2.68 bits per heavy atom. The summed E-state index contributed by atoms with van der Waals surface area (Å²) in [7, 11) is 0. The SMILES string of the molecule is NC(=NO)c1ncccc1CNCc1ccccc1. The van der Waals surface area contributed by atoms with E-state index < -0.39 is 0 Å². The Balaban J connectivity index is 2.00. The second-order valence-corrected chi connectivity index (χ2v) is 4.09. The van der Waals surface area contributed by atoms with E-state index >= 15 is 0 Å². The molecule has 0 saturated carbocycles. The molecule has 5 heteroatoms. The Hall–Kier alpha value is -2.40. The van der Waals surface area contributed by atoms with Crippen LogP contribution in [0.1, 0.15) is 16.8 Å². The summed E-state index contributed by atoms with van der Waals surface area (Å²) in [6.45, 7) is 1.36. The molecule has 0 bridgehead atoms. The highest BCUT2D eigenvalue weighted by Crippen LogP contribution is 2.05. The highest BCUT2D eigenvalue weighted by molar-refractivity contribution is 5.96. The van der Waals surface area contributed by atoms with Crippen LogP contribution in [0.2, 0.25) is 0 Å². The maximum absolute atomic E-state index is 8.72. The lowest BCUT2D eigenvalue weighted by molar-refractivity contribution is 0.318. The number of oxime groups is 1. The van der Waals surface area contributed by atoms with Crippen LogP contribution in [0.5, 0.6) is 0 Å². The summed E-state index contributed by atoms with van der Waals surface area (Å²) in [5.41, 5.74) is 8.20. The molecular formula is C14H16N4O. The molecule has 0 aliphatic carbocycles. The lowest BCUT2D eigenvalue weighted by atomic mass is 10.1. The van der Waals surface area contributed by atoms with Crippen LogP contribution in [-0.4, -0.2) is 16.0 Å². The summed E-state index contributed by atoms with van der Waals surface area (Å²) in [4.78, 5) is 4.12. The first-order valence-corrected chi connectivity index (χ1v) is 5.97. The van der Waals surface area contributed by atoms with Gasteiger partial charge < -0.3 is 16.3 Å². The zero-order chi connectivity index (χ0) is 13.5. The van der Waals surface area contributed by atoms with Crippen molar-refractivity contribution in [3.05, 3.63) is 65.5 Å². The fraction of sp³-hybridized carbons (Fsp3) is 0.143. The van der Waals surface area contributed by atoms with Gasteiger partial charge in [0.15, 0.2) is 5.84 Å². The first-order valence-electron chi connectivity index (χ1n) is 5.97. The van der Waals surface area contributed by atoms with E-state index in [1.54, 1.807) is 6.20 Å².